The van der Waals surface area contributed by atoms with Gasteiger partial charge in [0.25, 0.3) is 5.91 Å². The lowest BCUT2D eigenvalue weighted by Gasteiger charge is -2.30. The molecular weight excluding hydrogens is 546 g/mol. The molecule has 1 aliphatic rings. The summed E-state index contributed by atoms with van der Waals surface area (Å²) in [7, 11) is -2.41. The first-order valence-electron chi connectivity index (χ1n) is 13.0. The molecule has 0 fully saturated rings. The van der Waals surface area contributed by atoms with E-state index in [1.807, 2.05) is 6.07 Å². The lowest BCUT2D eigenvalue weighted by molar-refractivity contribution is -0.132. The number of hydrogen-bond donors (Lipinski definition) is 1. The van der Waals surface area contributed by atoms with Gasteiger partial charge in [0.05, 0.1) is 5.69 Å². The van der Waals surface area contributed by atoms with Crippen molar-refractivity contribution < 1.29 is 27.3 Å². The summed E-state index contributed by atoms with van der Waals surface area (Å²) in [5.74, 6) is -0.215. The van der Waals surface area contributed by atoms with Crippen LogP contribution >= 0.6 is 11.6 Å². The number of nitrogens with zero attached hydrogens (tertiary/aromatic N) is 4. The summed E-state index contributed by atoms with van der Waals surface area (Å²) in [6.45, 7) is 9.66. The average Bonchev–Trinajstić information content (AvgIpc) is 3.19. The van der Waals surface area contributed by atoms with Crippen molar-refractivity contribution in [2.24, 2.45) is 0 Å². The van der Waals surface area contributed by atoms with Gasteiger partial charge in [-0.3, -0.25) is 14.5 Å². The van der Waals surface area contributed by atoms with Crippen LogP contribution in [0, 0.1) is 13.8 Å². The first-order valence-corrected chi connectivity index (χ1v) is 14.8. The van der Waals surface area contributed by atoms with E-state index in [1.54, 1.807) is 28.9 Å². The third-order valence-corrected chi connectivity index (χ3v) is 8.64. The summed E-state index contributed by atoms with van der Waals surface area (Å²) in [5.41, 5.74) is 1.67. The highest BCUT2D eigenvalue weighted by molar-refractivity contribution is 7.89. The largest absolute Gasteiger partial charge is 0.375 e. The molecular formula is C26H38ClN5O6S. The van der Waals surface area contributed by atoms with E-state index in [2.05, 4.69) is 28.6 Å². The van der Waals surface area contributed by atoms with Crippen molar-refractivity contribution in [2.75, 3.05) is 51.3 Å². The highest BCUT2D eigenvalue weighted by atomic mass is 35.5. The Hall–Kier alpha value is -2.51. The number of carbonyl (C=O) groups excluding carboxylic acids is 2. The molecule has 0 saturated heterocycles. The maximum absolute atomic E-state index is 13.4. The van der Waals surface area contributed by atoms with Crippen LogP contribution in [0.3, 0.4) is 0 Å². The van der Waals surface area contributed by atoms with Crippen LogP contribution in [0.2, 0.25) is 5.02 Å². The van der Waals surface area contributed by atoms with Gasteiger partial charge < -0.3 is 19.1 Å². The van der Waals surface area contributed by atoms with E-state index in [4.69, 9.17) is 20.9 Å². The minimum atomic E-state index is -3.88. The number of fused-ring (bicyclic) bond motifs is 1. The monoisotopic (exact) mass is 583 g/mol. The van der Waals surface area contributed by atoms with Gasteiger partial charge in [0, 0.05) is 63.9 Å². The molecule has 1 aliphatic heterocycles. The first-order chi connectivity index (χ1) is 18.4. The molecule has 39 heavy (non-hydrogen) atoms. The molecule has 1 N–H and O–H groups in total. The van der Waals surface area contributed by atoms with Gasteiger partial charge in [0.1, 0.15) is 17.2 Å². The van der Waals surface area contributed by atoms with E-state index < -0.39 is 10.0 Å². The van der Waals surface area contributed by atoms with Crippen molar-refractivity contribution in [1.29, 1.82) is 0 Å². The van der Waals surface area contributed by atoms with Gasteiger partial charge >= 0.3 is 0 Å². The van der Waals surface area contributed by atoms with Crippen LogP contribution in [0.5, 0.6) is 0 Å². The SMILES string of the molecule is COCC(=O)N1CCCN(C(C)C)CCN(C(=O)CCNS(=O)(=O)c2c(C)noc2C)Cc2ccc(Cl)cc21. The first kappa shape index (κ1) is 31.0. The van der Waals surface area contributed by atoms with Crippen LogP contribution in [-0.2, 0) is 30.9 Å². The van der Waals surface area contributed by atoms with Crippen molar-refractivity contribution in [1.82, 2.24) is 19.7 Å². The Morgan fingerprint density at radius 2 is 1.90 bits per heavy atom. The molecule has 216 valence electrons. The zero-order valence-electron chi connectivity index (χ0n) is 23.2. The third kappa shape index (κ3) is 8.01. The summed E-state index contributed by atoms with van der Waals surface area (Å²) in [6, 6.07) is 5.54. The fourth-order valence-corrected chi connectivity index (χ4v) is 6.21. The van der Waals surface area contributed by atoms with Crippen LogP contribution in [0.1, 0.15) is 43.7 Å². The Kier molecular flexibility index (Phi) is 10.9. The molecule has 3 rings (SSSR count). The summed E-state index contributed by atoms with van der Waals surface area (Å²) in [6.07, 6.45) is 0.691. The van der Waals surface area contributed by atoms with Crippen molar-refractivity contribution in [3.8, 4) is 0 Å². The third-order valence-electron chi connectivity index (χ3n) is 6.70. The number of rotatable bonds is 8. The molecule has 11 nitrogen and oxygen atoms in total. The standard InChI is InChI=1S/C26H38ClN5O6S/c1-18(2)30-11-6-12-32(25(34)17-37-5)23-15-22(27)8-7-21(23)16-31(14-13-30)24(33)9-10-28-39(35,36)26-19(3)29-38-20(26)4/h7-8,15,18,28H,6,9-14,16-17H2,1-5H3. The number of amides is 2. The van der Waals surface area contributed by atoms with Crippen LogP contribution in [-0.4, -0.2) is 87.7 Å². The fraction of sp³-hybridized carbons (Fsp3) is 0.577. The molecule has 13 heteroatoms. The highest BCUT2D eigenvalue weighted by Gasteiger charge is 2.27. The number of methoxy groups -OCH3 is 1. The molecule has 0 aliphatic carbocycles. The fourth-order valence-electron chi connectivity index (χ4n) is 4.69. The molecule has 0 atom stereocenters. The summed E-state index contributed by atoms with van der Waals surface area (Å²) in [4.78, 5) is 32.1. The minimum Gasteiger partial charge on any atom is -0.375 e. The summed E-state index contributed by atoms with van der Waals surface area (Å²) < 4.78 is 38.2. The number of benzene rings is 1. The van der Waals surface area contributed by atoms with E-state index in [1.165, 1.54) is 14.0 Å². The quantitative estimate of drug-likeness (QED) is 0.503. The Morgan fingerprint density at radius 1 is 1.15 bits per heavy atom. The van der Waals surface area contributed by atoms with Gasteiger partial charge in [-0.25, -0.2) is 13.1 Å². The molecule has 0 radical (unpaired) electrons. The minimum absolute atomic E-state index is 0.00982. The van der Waals surface area contributed by atoms with Crippen LogP contribution in [0.15, 0.2) is 27.6 Å². The predicted molar refractivity (Wildman–Crippen MR) is 148 cm³/mol. The molecule has 2 aromatic rings. The van der Waals surface area contributed by atoms with Gasteiger partial charge in [-0.15, -0.1) is 0 Å². The van der Waals surface area contributed by atoms with Crippen molar-refractivity contribution in [3.05, 3.63) is 40.2 Å². The van der Waals surface area contributed by atoms with Gasteiger partial charge in [-0.05, 0) is 51.8 Å². The zero-order valence-corrected chi connectivity index (χ0v) is 24.8. The maximum atomic E-state index is 13.4. The number of carbonyl (C=O) groups is 2. The van der Waals surface area contributed by atoms with E-state index in [0.717, 1.165) is 18.5 Å². The molecule has 0 spiro atoms. The average molecular weight is 584 g/mol. The van der Waals surface area contributed by atoms with Crippen LogP contribution < -0.4 is 9.62 Å². The Morgan fingerprint density at radius 3 is 2.54 bits per heavy atom. The van der Waals surface area contributed by atoms with E-state index in [-0.39, 0.29) is 60.3 Å². The van der Waals surface area contributed by atoms with Gasteiger partial charge in [-0.1, -0.05) is 22.8 Å². The molecule has 2 amide bonds. The molecule has 1 aromatic heterocycles. The lowest BCUT2D eigenvalue weighted by atomic mass is 10.1. The molecule has 0 saturated carbocycles. The number of hydrogen-bond acceptors (Lipinski definition) is 8. The number of sulfonamides is 1. The van der Waals surface area contributed by atoms with E-state index in [0.29, 0.717) is 30.3 Å². The van der Waals surface area contributed by atoms with Gasteiger partial charge in [0.15, 0.2) is 5.76 Å². The second-order valence-corrected chi connectivity index (χ2v) is 12.0. The molecule has 2 heterocycles. The molecule has 0 bridgehead atoms. The zero-order chi connectivity index (χ0) is 28.7. The summed E-state index contributed by atoms with van der Waals surface area (Å²) >= 11 is 6.33. The van der Waals surface area contributed by atoms with Gasteiger partial charge in [0.2, 0.25) is 15.9 Å². The number of aromatic nitrogens is 1. The Bertz CT molecular complexity index is 1250. The molecule has 0 unspecified atom stereocenters. The second-order valence-electron chi connectivity index (χ2n) is 9.85. The second kappa shape index (κ2) is 13.7. The van der Waals surface area contributed by atoms with Crippen molar-refractivity contribution >= 4 is 39.1 Å². The highest BCUT2D eigenvalue weighted by Crippen LogP contribution is 2.28. The maximum Gasteiger partial charge on any atom is 0.252 e. The van der Waals surface area contributed by atoms with Crippen molar-refractivity contribution in [2.45, 2.75) is 58.0 Å². The molecule has 1 aromatic carbocycles. The number of aryl methyl sites for hydroxylation is 2. The number of halogens is 1. The lowest BCUT2D eigenvalue weighted by Crippen LogP contribution is -2.42. The van der Waals surface area contributed by atoms with E-state index >= 15 is 0 Å². The number of anilines is 1. The normalized spacial score (nSPS) is 15.8. The smallest absolute Gasteiger partial charge is 0.252 e. The van der Waals surface area contributed by atoms with E-state index in [9.17, 15) is 18.0 Å². The topological polar surface area (TPSA) is 125 Å². The summed E-state index contributed by atoms with van der Waals surface area (Å²) in [5, 5.41) is 4.18. The predicted octanol–water partition coefficient (Wildman–Crippen LogP) is 2.74. The van der Waals surface area contributed by atoms with Gasteiger partial charge in [-0.2, -0.15) is 0 Å². The Labute approximate surface area is 235 Å². The number of ether oxygens (including phenoxy) is 1. The number of nitrogens with one attached hydrogen (secondary N) is 1. The van der Waals surface area contributed by atoms with Crippen LogP contribution in [0.4, 0.5) is 5.69 Å². The van der Waals surface area contributed by atoms with Crippen LogP contribution in [0.25, 0.3) is 0 Å². The Balaban J connectivity index is 1.85. The van der Waals surface area contributed by atoms with Crippen molar-refractivity contribution in [3.63, 3.8) is 0 Å².